The van der Waals surface area contributed by atoms with E-state index in [1.807, 2.05) is 24.3 Å². The summed E-state index contributed by atoms with van der Waals surface area (Å²) in [5.74, 6) is 0.662. The van der Waals surface area contributed by atoms with Gasteiger partial charge in [-0.3, -0.25) is 0 Å². The minimum atomic E-state index is -0.297. The number of nitrogens with one attached hydrogen (secondary N) is 2. The van der Waals surface area contributed by atoms with Gasteiger partial charge in [-0.1, -0.05) is 24.3 Å². The Morgan fingerprint density at radius 1 is 1.30 bits per heavy atom. The van der Waals surface area contributed by atoms with Crippen LogP contribution in [0.15, 0.2) is 41.5 Å². The van der Waals surface area contributed by atoms with Gasteiger partial charge in [0.25, 0.3) is 0 Å². The number of benzene rings is 1. The number of nitrogens with two attached hydrogens (primary N) is 1. The quantitative estimate of drug-likeness (QED) is 0.640. The summed E-state index contributed by atoms with van der Waals surface area (Å²) in [5, 5.41) is 9.45. The topological polar surface area (TPSA) is 101 Å². The predicted molar refractivity (Wildman–Crippen MR) is 75.3 cm³/mol. The maximum Gasteiger partial charge on any atom is 0.348 e. The third-order valence-electron chi connectivity index (χ3n) is 3.01. The number of anilines is 1. The lowest BCUT2D eigenvalue weighted by Gasteiger charge is -2.06. The van der Waals surface area contributed by atoms with Gasteiger partial charge >= 0.3 is 5.69 Å². The van der Waals surface area contributed by atoms with Gasteiger partial charge in [-0.15, -0.1) is 0 Å². The lowest BCUT2D eigenvalue weighted by atomic mass is 10.1. The molecule has 1 aromatic carbocycles. The van der Waals surface area contributed by atoms with E-state index in [0.717, 1.165) is 11.1 Å². The van der Waals surface area contributed by atoms with Crippen molar-refractivity contribution in [1.82, 2.24) is 19.6 Å². The molecule has 2 aromatic heterocycles. The predicted octanol–water partition coefficient (Wildman–Crippen LogP) is 0.488. The van der Waals surface area contributed by atoms with Gasteiger partial charge in [-0.2, -0.15) is 5.10 Å². The fraction of sp³-hybridized carbons (Fsp3) is 0.154. The average molecular weight is 270 g/mol. The summed E-state index contributed by atoms with van der Waals surface area (Å²) in [5.41, 5.74) is 8.06. The largest absolute Gasteiger partial charge is 0.366 e. The van der Waals surface area contributed by atoms with Crippen molar-refractivity contribution in [2.75, 3.05) is 5.32 Å². The Balaban J connectivity index is 1.77. The summed E-state index contributed by atoms with van der Waals surface area (Å²) < 4.78 is 1.35. The monoisotopic (exact) mass is 270 g/mol. The highest BCUT2D eigenvalue weighted by molar-refractivity contribution is 5.48. The minimum Gasteiger partial charge on any atom is -0.366 e. The van der Waals surface area contributed by atoms with Crippen molar-refractivity contribution in [2.24, 2.45) is 5.73 Å². The highest BCUT2D eigenvalue weighted by Gasteiger charge is 2.02. The van der Waals surface area contributed by atoms with E-state index in [-0.39, 0.29) is 5.69 Å². The summed E-state index contributed by atoms with van der Waals surface area (Å²) in [4.78, 5) is 15.5. The van der Waals surface area contributed by atoms with Gasteiger partial charge in [0.2, 0.25) is 0 Å². The number of H-pyrrole nitrogens is 1. The van der Waals surface area contributed by atoms with Crippen LogP contribution in [0.3, 0.4) is 0 Å². The first-order chi connectivity index (χ1) is 9.76. The summed E-state index contributed by atoms with van der Waals surface area (Å²) in [7, 11) is 0. The Labute approximate surface area is 114 Å². The maximum absolute atomic E-state index is 11.3. The SMILES string of the molecule is NCc1cccc(CNc2cc3n[nH]c(=O)n3cn2)c1. The number of hydrogen-bond donors (Lipinski definition) is 3. The Morgan fingerprint density at radius 3 is 3.00 bits per heavy atom. The highest BCUT2D eigenvalue weighted by atomic mass is 16.1. The van der Waals surface area contributed by atoms with Gasteiger partial charge in [0.05, 0.1) is 0 Å². The molecule has 0 atom stereocenters. The van der Waals surface area contributed by atoms with Gasteiger partial charge in [0.1, 0.15) is 12.1 Å². The number of rotatable bonds is 4. The lowest BCUT2D eigenvalue weighted by Crippen LogP contribution is -2.10. The molecule has 0 bridgehead atoms. The van der Waals surface area contributed by atoms with Gasteiger partial charge < -0.3 is 11.1 Å². The first-order valence-corrected chi connectivity index (χ1v) is 6.21. The zero-order chi connectivity index (χ0) is 13.9. The third-order valence-corrected chi connectivity index (χ3v) is 3.01. The zero-order valence-corrected chi connectivity index (χ0v) is 10.7. The smallest absolute Gasteiger partial charge is 0.348 e. The normalized spacial score (nSPS) is 10.8. The van der Waals surface area contributed by atoms with Crippen LogP contribution in [0.5, 0.6) is 0 Å². The van der Waals surface area contributed by atoms with Crippen molar-refractivity contribution >= 4 is 11.5 Å². The van der Waals surface area contributed by atoms with E-state index in [2.05, 4.69) is 20.5 Å². The van der Waals surface area contributed by atoms with Crippen LogP contribution in [0.25, 0.3) is 5.65 Å². The number of hydrogen-bond acceptors (Lipinski definition) is 5. The van der Waals surface area contributed by atoms with Gasteiger partial charge in [0, 0.05) is 19.2 Å². The number of aromatic nitrogens is 4. The second-order valence-electron chi connectivity index (χ2n) is 4.41. The fourth-order valence-electron chi connectivity index (χ4n) is 1.97. The van der Waals surface area contributed by atoms with Crippen molar-refractivity contribution in [3.05, 3.63) is 58.3 Å². The average Bonchev–Trinajstić information content (AvgIpc) is 2.86. The molecule has 0 fully saturated rings. The molecule has 0 saturated carbocycles. The molecule has 3 rings (SSSR count). The molecule has 7 heteroatoms. The van der Waals surface area contributed by atoms with Crippen LogP contribution >= 0.6 is 0 Å². The summed E-state index contributed by atoms with van der Waals surface area (Å²) in [6.45, 7) is 1.15. The van der Waals surface area contributed by atoms with E-state index in [0.29, 0.717) is 24.6 Å². The van der Waals surface area contributed by atoms with E-state index >= 15 is 0 Å². The number of fused-ring (bicyclic) bond motifs is 1. The molecular weight excluding hydrogens is 256 g/mol. The fourth-order valence-corrected chi connectivity index (χ4v) is 1.97. The van der Waals surface area contributed by atoms with E-state index in [9.17, 15) is 4.79 Å². The number of aromatic amines is 1. The molecule has 2 heterocycles. The minimum absolute atomic E-state index is 0.297. The van der Waals surface area contributed by atoms with Crippen molar-refractivity contribution in [2.45, 2.75) is 13.1 Å². The van der Waals surface area contributed by atoms with Gasteiger partial charge in [0.15, 0.2) is 5.65 Å². The molecule has 4 N–H and O–H groups in total. The molecule has 0 aliphatic carbocycles. The molecular formula is C13H14N6O. The molecule has 0 aliphatic heterocycles. The number of nitrogens with zero attached hydrogens (tertiary/aromatic N) is 3. The lowest BCUT2D eigenvalue weighted by molar-refractivity contribution is 0.989. The molecule has 3 aromatic rings. The molecule has 0 amide bonds. The summed E-state index contributed by atoms with van der Waals surface area (Å²) in [6.07, 6.45) is 1.44. The van der Waals surface area contributed by atoms with Crippen LogP contribution in [0, 0.1) is 0 Å². The van der Waals surface area contributed by atoms with Crippen molar-refractivity contribution < 1.29 is 0 Å². The van der Waals surface area contributed by atoms with Crippen LogP contribution in [-0.2, 0) is 13.1 Å². The first-order valence-electron chi connectivity index (χ1n) is 6.21. The van der Waals surface area contributed by atoms with Crippen LogP contribution < -0.4 is 16.7 Å². The molecule has 0 unspecified atom stereocenters. The molecule has 0 radical (unpaired) electrons. The van der Waals surface area contributed by atoms with E-state index in [4.69, 9.17) is 5.73 Å². The maximum atomic E-state index is 11.3. The summed E-state index contributed by atoms with van der Waals surface area (Å²) >= 11 is 0. The van der Waals surface area contributed by atoms with Gasteiger partial charge in [-0.05, 0) is 11.1 Å². The second-order valence-corrected chi connectivity index (χ2v) is 4.41. The van der Waals surface area contributed by atoms with Crippen LogP contribution in [0.2, 0.25) is 0 Å². The standard InChI is InChI=1S/C13H14N6O/c14-6-9-2-1-3-10(4-9)7-15-11-5-12-17-18-13(20)19(12)8-16-11/h1-5,8,15H,6-7,14H2,(H,18,20). The van der Waals surface area contributed by atoms with Crippen LogP contribution in [0.4, 0.5) is 5.82 Å². The van der Waals surface area contributed by atoms with Crippen LogP contribution in [-0.4, -0.2) is 19.6 Å². The van der Waals surface area contributed by atoms with E-state index in [1.54, 1.807) is 6.07 Å². The van der Waals surface area contributed by atoms with Crippen LogP contribution in [0.1, 0.15) is 11.1 Å². The Kier molecular flexibility index (Phi) is 3.18. The Bertz CT molecular complexity index is 791. The molecule has 102 valence electrons. The molecule has 20 heavy (non-hydrogen) atoms. The van der Waals surface area contributed by atoms with Crippen molar-refractivity contribution in [3.8, 4) is 0 Å². The van der Waals surface area contributed by atoms with Crippen molar-refractivity contribution in [3.63, 3.8) is 0 Å². The van der Waals surface area contributed by atoms with Crippen molar-refractivity contribution in [1.29, 1.82) is 0 Å². The molecule has 0 spiro atoms. The highest BCUT2D eigenvalue weighted by Crippen LogP contribution is 2.09. The van der Waals surface area contributed by atoms with E-state index in [1.165, 1.54) is 10.7 Å². The Hall–Kier alpha value is -2.67. The zero-order valence-electron chi connectivity index (χ0n) is 10.7. The second kappa shape index (κ2) is 5.14. The third kappa shape index (κ3) is 2.39. The first kappa shape index (κ1) is 12.4. The molecule has 0 saturated heterocycles. The van der Waals surface area contributed by atoms with E-state index < -0.39 is 0 Å². The summed E-state index contributed by atoms with van der Waals surface area (Å²) in [6, 6.07) is 9.74. The molecule has 7 nitrogen and oxygen atoms in total. The molecule has 0 aliphatic rings. The van der Waals surface area contributed by atoms with Gasteiger partial charge in [-0.25, -0.2) is 19.3 Å². The Morgan fingerprint density at radius 2 is 2.15 bits per heavy atom.